The molecule has 0 bridgehead atoms. The van der Waals surface area contributed by atoms with Crippen LogP contribution >= 0.6 is 11.6 Å². The Kier molecular flexibility index (Phi) is 3.63. The summed E-state index contributed by atoms with van der Waals surface area (Å²) in [6.07, 6.45) is 0.798. The van der Waals surface area contributed by atoms with Gasteiger partial charge in [0.15, 0.2) is 0 Å². The molecule has 94 valence electrons. The number of phenols is 1. The van der Waals surface area contributed by atoms with E-state index in [-0.39, 0.29) is 0 Å². The van der Waals surface area contributed by atoms with Crippen molar-refractivity contribution in [3.8, 4) is 5.75 Å². The Balaban J connectivity index is 2.44. The van der Waals surface area contributed by atoms with Crippen molar-refractivity contribution in [1.82, 2.24) is 0 Å². The number of phenolic OH excluding ortho intramolecular Hbond substituents is 1. The first kappa shape index (κ1) is 13.0. The molecule has 0 aliphatic heterocycles. The van der Waals surface area contributed by atoms with E-state index in [0.29, 0.717) is 5.75 Å². The third-order valence-corrected chi connectivity index (χ3v) is 3.60. The largest absolute Gasteiger partial charge is 0.507 e. The molecule has 0 unspecified atom stereocenters. The zero-order valence-electron chi connectivity index (χ0n) is 10.9. The summed E-state index contributed by atoms with van der Waals surface area (Å²) in [5, 5.41) is 10.8. The van der Waals surface area contributed by atoms with Crippen molar-refractivity contribution in [3.05, 3.63) is 63.2 Å². The van der Waals surface area contributed by atoms with Crippen molar-refractivity contribution in [2.24, 2.45) is 0 Å². The Labute approximate surface area is 113 Å². The summed E-state index contributed by atoms with van der Waals surface area (Å²) in [6.45, 7) is 5.98. The number of halogens is 1. The van der Waals surface area contributed by atoms with E-state index >= 15 is 0 Å². The first-order chi connectivity index (χ1) is 8.49. The Morgan fingerprint density at radius 2 is 1.78 bits per heavy atom. The van der Waals surface area contributed by atoms with Crippen LogP contribution in [0, 0.1) is 20.8 Å². The second-order valence-corrected chi connectivity index (χ2v) is 5.21. The number of aromatic hydroxyl groups is 1. The quantitative estimate of drug-likeness (QED) is 0.839. The van der Waals surface area contributed by atoms with Crippen LogP contribution in [0.1, 0.15) is 27.8 Å². The van der Waals surface area contributed by atoms with Gasteiger partial charge in [-0.15, -0.1) is 0 Å². The van der Waals surface area contributed by atoms with Crippen molar-refractivity contribution in [1.29, 1.82) is 0 Å². The van der Waals surface area contributed by atoms with E-state index in [2.05, 4.69) is 13.0 Å². The van der Waals surface area contributed by atoms with Gasteiger partial charge in [-0.05, 0) is 67.1 Å². The summed E-state index contributed by atoms with van der Waals surface area (Å²) in [4.78, 5) is 0. The highest BCUT2D eigenvalue weighted by molar-refractivity contribution is 6.30. The molecule has 0 fully saturated rings. The Bertz CT molecular complexity index is 588. The SMILES string of the molecule is Cc1cc(C)c(Cc2cccc(Cl)c2)c(C)c1O. The van der Waals surface area contributed by atoms with Crippen molar-refractivity contribution >= 4 is 11.6 Å². The average molecular weight is 261 g/mol. The van der Waals surface area contributed by atoms with Gasteiger partial charge in [-0.25, -0.2) is 0 Å². The molecule has 0 aliphatic carbocycles. The maximum Gasteiger partial charge on any atom is 0.121 e. The highest BCUT2D eigenvalue weighted by Gasteiger charge is 2.10. The Morgan fingerprint density at radius 1 is 1.06 bits per heavy atom. The lowest BCUT2D eigenvalue weighted by molar-refractivity contribution is 0.466. The van der Waals surface area contributed by atoms with Gasteiger partial charge in [0.05, 0.1) is 0 Å². The fraction of sp³-hybridized carbons (Fsp3) is 0.250. The van der Waals surface area contributed by atoms with Gasteiger partial charge >= 0.3 is 0 Å². The number of hydrogen-bond donors (Lipinski definition) is 1. The van der Waals surface area contributed by atoms with Crippen molar-refractivity contribution in [3.63, 3.8) is 0 Å². The minimum Gasteiger partial charge on any atom is -0.507 e. The predicted molar refractivity (Wildman–Crippen MR) is 76.6 cm³/mol. The summed E-state index contributed by atoms with van der Waals surface area (Å²) < 4.78 is 0. The topological polar surface area (TPSA) is 20.2 Å². The molecular formula is C16H17ClO. The van der Waals surface area contributed by atoms with Gasteiger partial charge < -0.3 is 5.11 Å². The van der Waals surface area contributed by atoms with Crippen LogP contribution in [0.15, 0.2) is 30.3 Å². The molecule has 0 aliphatic rings. The van der Waals surface area contributed by atoms with Crippen LogP contribution in [0.2, 0.25) is 5.02 Å². The molecule has 2 aromatic rings. The summed E-state index contributed by atoms with van der Waals surface area (Å²) >= 11 is 6.00. The summed E-state index contributed by atoms with van der Waals surface area (Å²) in [6, 6.07) is 9.88. The van der Waals surface area contributed by atoms with Crippen molar-refractivity contribution < 1.29 is 5.11 Å². The summed E-state index contributed by atoms with van der Waals surface area (Å²) in [5.74, 6) is 0.401. The van der Waals surface area contributed by atoms with Crippen LogP contribution in [0.5, 0.6) is 5.75 Å². The maximum absolute atomic E-state index is 10.0. The van der Waals surface area contributed by atoms with E-state index in [1.54, 1.807) is 0 Å². The smallest absolute Gasteiger partial charge is 0.121 e. The average Bonchev–Trinajstić information content (AvgIpc) is 2.32. The summed E-state index contributed by atoms with van der Waals surface area (Å²) in [5.41, 5.74) is 5.45. The molecule has 0 saturated carbocycles. The molecule has 0 atom stereocenters. The van der Waals surface area contributed by atoms with Crippen LogP contribution in [0.3, 0.4) is 0 Å². The molecule has 18 heavy (non-hydrogen) atoms. The monoisotopic (exact) mass is 260 g/mol. The second kappa shape index (κ2) is 5.03. The first-order valence-corrected chi connectivity index (χ1v) is 6.40. The zero-order valence-corrected chi connectivity index (χ0v) is 11.7. The highest BCUT2D eigenvalue weighted by Crippen LogP contribution is 2.29. The van der Waals surface area contributed by atoms with Crippen molar-refractivity contribution in [2.75, 3.05) is 0 Å². The predicted octanol–water partition coefficient (Wildman–Crippen LogP) is 4.56. The zero-order chi connectivity index (χ0) is 13.3. The van der Waals surface area contributed by atoms with Gasteiger partial charge in [-0.2, -0.15) is 0 Å². The third-order valence-electron chi connectivity index (χ3n) is 3.36. The molecule has 1 N–H and O–H groups in total. The first-order valence-electron chi connectivity index (χ1n) is 6.02. The van der Waals surface area contributed by atoms with Gasteiger partial charge in [-0.1, -0.05) is 29.8 Å². The fourth-order valence-electron chi connectivity index (χ4n) is 2.34. The lowest BCUT2D eigenvalue weighted by atomic mass is 9.93. The lowest BCUT2D eigenvalue weighted by Crippen LogP contribution is -1.97. The Hall–Kier alpha value is -1.47. The van der Waals surface area contributed by atoms with E-state index in [4.69, 9.17) is 11.6 Å². The molecule has 1 nitrogen and oxygen atoms in total. The Morgan fingerprint density at radius 3 is 2.44 bits per heavy atom. The molecule has 0 radical (unpaired) electrons. The lowest BCUT2D eigenvalue weighted by Gasteiger charge is -2.14. The molecule has 0 amide bonds. The van der Waals surface area contributed by atoms with Crippen LogP contribution in [-0.4, -0.2) is 5.11 Å². The van der Waals surface area contributed by atoms with E-state index in [1.165, 1.54) is 11.1 Å². The van der Waals surface area contributed by atoms with Crippen molar-refractivity contribution in [2.45, 2.75) is 27.2 Å². The van der Waals surface area contributed by atoms with Gasteiger partial charge in [-0.3, -0.25) is 0 Å². The van der Waals surface area contributed by atoms with Crippen LogP contribution in [0.4, 0.5) is 0 Å². The minimum atomic E-state index is 0.401. The number of rotatable bonds is 2. The second-order valence-electron chi connectivity index (χ2n) is 4.77. The molecule has 0 saturated heterocycles. The van der Waals surface area contributed by atoms with Gasteiger partial charge in [0.25, 0.3) is 0 Å². The molecule has 2 rings (SSSR count). The number of benzene rings is 2. The highest BCUT2D eigenvalue weighted by atomic mass is 35.5. The fourth-order valence-corrected chi connectivity index (χ4v) is 2.55. The molecule has 2 heteroatoms. The molecule has 0 heterocycles. The van der Waals surface area contributed by atoms with E-state index in [0.717, 1.165) is 28.1 Å². The van der Waals surface area contributed by atoms with Gasteiger partial charge in [0.2, 0.25) is 0 Å². The van der Waals surface area contributed by atoms with Gasteiger partial charge in [0.1, 0.15) is 5.75 Å². The van der Waals surface area contributed by atoms with E-state index < -0.39 is 0 Å². The van der Waals surface area contributed by atoms with E-state index in [9.17, 15) is 5.11 Å². The number of aryl methyl sites for hydroxylation is 2. The van der Waals surface area contributed by atoms with Crippen LogP contribution in [0.25, 0.3) is 0 Å². The molecule has 2 aromatic carbocycles. The standard InChI is InChI=1S/C16H17ClO/c1-10-7-11(2)16(18)12(3)15(10)9-13-5-4-6-14(17)8-13/h4-8,18H,9H2,1-3H3. The molecule has 0 aromatic heterocycles. The van der Waals surface area contributed by atoms with E-state index in [1.807, 2.05) is 38.1 Å². The third kappa shape index (κ3) is 2.51. The van der Waals surface area contributed by atoms with Gasteiger partial charge in [0, 0.05) is 5.02 Å². The minimum absolute atomic E-state index is 0.401. The number of hydrogen-bond acceptors (Lipinski definition) is 1. The summed E-state index contributed by atoms with van der Waals surface area (Å²) in [7, 11) is 0. The maximum atomic E-state index is 10.0. The molecular weight excluding hydrogens is 244 g/mol. The van der Waals surface area contributed by atoms with Crippen LogP contribution < -0.4 is 0 Å². The normalized spacial score (nSPS) is 10.7. The van der Waals surface area contributed by atoms with Crippen LogP contribution in [-0.2, 0) is 6.42 Å². The molecule has 0 spiro atoms.